The Balaban J connectivity index is 1.80. The molecule has 0 spiro atoms. The van der Waals surface area contributed by atoms with Crippen molar-refractivity contribution in [3.63, 3.8) is 0 Å². The van der Waals surface area contributed by atoms with Crippen molar-refractivity contribution < 1.29 is 9.90 Å². The molecule has 2 heterocycles. The lowest BCUT2D eigenvalue weighted by atomic mass is 10.00. The van der Waals surface area contributed by atoms with Crippen LogP contribution in [0.3, 0.4) is 0 Å². The Kier molecular flexibility index (Phi) is 4.02. The fourth-order valence-corrected chi connectivity index (χ4v) is 2.77. The van der Waals surface area contributed by atoms with Crippen molar-refractivity contribution in [1.82, 2.24) is 15.1 Å². The molecule has 0 radical (unpaired) electrons. The highest BCUT2D eigenvalue weighted by Crippen LogP contribution is 2.19. The number of rotatable bonds is 4. The Labute approximate surface area is 127 Å². The van der Waals surface area contributed by atoms with Crippen LogP contribution >= 0.6 is 0 Å². The molecule has 1 aromatic heterocycles. The zero-order valence-corrected chi connectivity index (χ0v) is 12.1. The predicted octanol–water partition coefficient (Wildman–Crippen LogP) is 1.18. The molecule has 2 N–H and O–H groups in total. The van der Waals surface area contributed by atoms with E-state index in [0.29, 0.717) is 18.4 Å². The third kappa shape index (κ3) is 3.07. The number of carboxylic acid groups (broad SMARTS) is 1. The van der Waals surface area contributed by atoms with E-state index in [1.807, 2.05) is 23.1 Å². The van der Waals surface area contributed by atoms with Crippen molar-refractivity contribution >= 4 is 16.7 Å². The van der Waals surface area contributed by atoms with E-state index in [2.05, 4.69) is 16.3 Å². The van der Waals surface area contributed by atoms with Gasteiger partial charge in [-0.25, -0.2) is 5.10 Å². The third-order valence-electron chi connectivity index (χ3n) is 3.92. The molecular weight excluding hydrogens is 282 g/mol. The minimum absolute atomic E-state index is 0.0730. The number of aliphatic carboxylic acids is 1. The molecule has 1 aliphatic heterocycles. The number of aromatic amines is 1. The van der Waals surface area contributed by atoms with Crippen LogP contribution in [-0.2, 0) is 11.2 Å². The van der Waals surface area contributed by atoms with Gasteiger partial charge in [-0.3, -0.25) is 14.5 Å². The van der Waals surface area contributed by atoms with E-state index < -0.39 is 5.97 Å². The smallest absolute Gasteiger partial charge is 0.317 e. The zero-order valence-electron chi connectivity index (χ0n) is 12.1. The molecule has 0 saturated carbocycles. The summed E-state index contributed by atoms with van der Waals surface area (Å²) < 4.78 is 0. The summed E-state index contributed by atoms with van der Waals surface area (Å²) in [5.41, 5.74) is 1.91. The SMILES string of the molecule is O=C(O)CN1CC=C(Cc2n[nH]c(=O)c3ccccc23)CC1. The van der Waals surface area contributed by atoms with E-state index in [0.717, 1.165) is 24.0 Å². The number of hydrogen-bond acceptors (Lipinski definition) is 4. The molecule has 22 heavy (non-hydrogen) atoms. The number of nitrogens with zero attached hydrogens (tertiary/aromatic N) is 2. The molecule has 0 aliphatic carbocycles. The van der Waals surface area contributed by atoms with Crippen molar-refractivity contribution in [2.75, 3.05) is 19.6 Å². The van der Waals surface area contributed by atoms with Crippen LogP contribution in [0.1, 0.15) is 12.1 Å². The molecule has 6 nitrogen and oxygen atoms in total. The molecule has 1 aromatic carbocycles. The largest absolute Gasteiger partial charge is 0.480 e. The Morgan fingerprint density at radius 3 is 2.77 bits per heavy atom. The predicted molar refractivity (Wildman–Crippen MR) is 82.8 cm³/mol. The van der Waals surface area contributed by atoms with Gasteiger partial charge >= 0.3 is 5.97 Å². The van der Waals surface area contributed by atoms with E-state index in [-0.39, 0.29) is 12.1 Å². The number of carbonyl (C=O) groups is 1. The Bertz CT molecular complexity index is 795. The van der Waals surface area contributed by atoms with Gasteiger partial charge in [-0.2, -0.15) is 5.10 Å². The maximum Gasteiger partial charge on any atom is 0.317 e. The second kappa shape index (κ2) is 6.11. The fraction of sp³-hybridized carbons (Fsp3) is 0.312. The molecule has 114 valence electrons. The maximum absolute atomic E-state index is 11.8. The van der Waals surface area contributed by atoms with E-state index in [4.69, 9.17) is 5.11 Å². The zero-order chi connectivity index (χ0) is 15.5. The molecule has 0 fully saturated rings. The topological polar surface area (TPSA) is 86.3 Å². The molecule has 0 saturated heterocycles. The molecule has 0 bridgehead atoms. The van der Waals surface area contributed by atoms with Crippen LogP contribution in [0.5, 0.6) is 0 Å². The summed E-state index contributed by atoms with van der Waals surface area (Å²) in [5, 5.41) is 17.1. The van der Waals surface area contributed by atoms with Crippen LogP contribution in [0, 0.1) is 0 Å². The van der Waals surface area contributed by atoms with Crippen molar-refractivity contribution in [3.05, 3.63) is 52.0 Å². The number of benzene rings is 1. The molecule has 0 amide bonds. The molecule has 0 atom stereocenters. The lowest BCUT2D eigenvalue weighted by Gasteiger charge is -2.24. The van der Waals surface area contributed by atoms with Crippen molar-refractivity contribution in [2.45, 2.75) is 12.8 Å². The van der Waals surface area contributed by atoms with Crippen LogP contribution in [0.4, 0.5) is 0 Å². The van der Waals surface area contributed by atoms with Crippen LogP contribution < -0.4 is 5.56 Å². The Morgan fingerprint density at radius 1 is 1.32 bits per heavy atom. The van der Waals surface area contributed by atoms with Gasteiger partial charge < -0.3 is 5.11 Å². The Hall–Kier alpha value is -2.47. The van der Waals surface area contributed by atoms with Gasteiger partial charge in [0, 0.05) is 24.9 Å². The van der Waals surface area contributed by atoms with Gasteiger partial charge in [0.1, 0.15) is 0 Å². The summed E-state index contributed by atoms with van der Waals surface area (Å²) in [4.78, 5) is 24.4. The lowest BCUT2D eigenvalue weighted by Crippen LogP contribution is -2.33. The number of hydrogen-bond donors (Lipinski definition) is 2. The summed E-state index contributed by atoms with van der Waals surface area (Å²) in [5.74, 6) is -0.801. The van der Waals surface area contributed by atoms with Gasteiger partial charge in [0.15, 0.2) is 0 Å². The van der Waals surface area contributed by atoms with Crippen molar-refractivity contribution in [1.29, 1.82) is 0 Å². The Morgan fingerprint density at radius 2 is 2.09 bits per heavy atom. The highest BCUT2D eigenvalue weighted by molar-refractivity contribution is 5.83. The van der Waals surface area contributed by atoms with Gasteiger partial charge in [0.05, 0.1) is 17.6 Å². The molecule has 1 aliphatic rings. The minimum Gasteiger partial charge on any atom is -0.480 e. The van der Waals surface area contributed by atoms with Crippen LogP contribution in [0.2, 0.25) is 0 Å². The first-order chi connectivity index (χ1) is 10.6. The van der Waals surface area contributed by atoms with Gasteiger partial charge in [-0.1, -0.05) is 29.8 Å². The molecule has 3 rings (SSSR count). The standard InChI is InChI=1S/C16H17N3O3/c20-15(21)10-19-7-5-11(6-8-19)9-14-12-3-1-2-4-13(12)16(22)18-17-14/h1-5H,6-10H2,(H,18,22)(H,20,21). The first kappa shape index (κ1) is 14.5. The minimum atomic E-state index is -0.801. The summed E-state index contributed by atoms with van der Waals surface area (Å²) in [6.45, 7) is 1.45. The van der Waals surface area contributed by atoms with E-state index in [1.54, 1.807) is 6.07 Å². The molecule has 0 unspecified atom stereocenters. The molecular formula is C16H17N3O3. The number of nitrogens with one attached hydrogen (secondary N) is 1. The summed E-state index contributed by atoms with van der Waals surface area (Å²) in [6, 6.07) is 7.44. The van der Waals surface area contributed by atoms with Crippen LogP contribution in [-0.4, -0.2) is 45.8 Å². The van der Waals surface area contributed by atoms with Gasteiger partial charge in [-0.15, -0.1) is 0 Å². The van der Waals surface area contributed by atoms with E-state index in [9.17, 15) is 9.59 Å². The first-order valence-corrected chi connectivity index (χ1v) is 7.22. The summed E-state index contributed by atoms with van der Waals surface area (Å²) in [7, 11) is 0. The average molecular weight is 299 g/mol. The molecule has 2 aromatic rings. The van der Waals surface area contributed by atoms with Crippen molar-refractivity contribution in [3.8, 4) is 0 Å². The number of fused-ring (bicyclic) bond motifs is 1. The summed E-state index contributed by atoms with van der Waals surface area (Å²) >= 11 is 0. The lowest BCUT2D eigenvalue weighted by molar-refractivity contribution is -0.138. The highest BCUT2D eigenvalue weighted by atomic mass is 16.4. The first-order valence-electron chi connectivity index (χ1n) is 7.22. The average Bonchev–Trinajstić information content (AvgIpc) is 2.52. The van der Waals surface area contributed by atoms with Crippen molar-refractivity contribution in [2.24, 2.45) is 0 Å². The van der Waals surface area contributed by atoms with E-state index in [1.165, 1.54) is 5.57 Å². The maximum atomic E-state index is 11.8. The second-order valence-electron chi connectivity index (χ2n) is 5.46. The quantitative estimate of drug-likeness (QED) is 0.828. The number of H-pyrrole nitrogens is 1. The van der Waals surface area contributed by atoms with E-state index >= 15 is 0 Å². The third-order valence-corrected chi connectivity index (χ3v) is 3.92. The van der Waals surface area contributed by atoms with Crippen LogP contribution in [0.25, 0.3) is 10.8 Å². The number of aromatic nitrogens is 2. The monoisotopic (exact) mass is 299 g/mol. The highest BCUT2D eigenvalue weighted by Gasteiger charge is 2.15. The second-order valence-corrected chi connectivity index (χ2v) is 5.46. The van der Waals surface area contributed by atoms with Crippen LogP contribution in [0.15, 0.2) is 40.7 Å². The van der Waals surface area contributed by atoms with Gasteiger partial charge in [0.2, 0.25) is 0 Å². The normalized spacial score (nSPS) is 15.7. The summed E-state index contributed by atoms with van der Waals surface area (Å²) in [6.07, 6.45) is 3.56. The van der Waals surface area contributed by atoms with Gasteiger partial charge in [0.25, 0.3) is 5.56 Å². The van der Waals surface area contributed by atoms with Gasteiger partial charge in [-0.05, 0) is 12.5 Å². The molecule has 6 heteroatoms. The fourth-order valence-electron chi connectivity index (χ4n) is 2.77. The number of carboxylic acids is 1.